The third-order valence-corrected chi connectivity index (χ3v) is 2.67. The molecule has 0 bridgehead atoms. The molecule has 1 atom stereocenters. The highest BCUT2D eigenvalue weighted by atomic mass is 14.3. The van der Waals surface area contributed by atoms with Gasteiger partial charge in [-0.2, -0.15) is 5.26 Å². The molecule has 1 nitrogen and oxygen atoms in total. The third-order valence-electron chi connectivity index (χ3n) is 2.67. The van der Waals surface area contributed by atoms with Crippen LogP contribution in [0.2, 0.25) is 0 Å². The average molecular weight is 189 g/mol. The van der Waals surface area contributed by atoms with Gasteiger partial charge < -0.3 is 0 Å². The maximum absolute atomic E-state index is 8.63. The first-order valence-electron chi connectivity index (χ1n) is 5.42. The van der Waals surface area contributed by atoms with E-state index >= 15 is 0 Å². The molecule has 0 aromatic heterocycles. The minimum Gasteiger partial charge on any atom is -0.198 e. The summed E-state index contributed by atoms with van der Waals surface area (Å²) in [5.41, 5.74) is 2.91. The van der Waals surface area contributed by atoms with E-state index in [4.69, 9.17) is 5.26 Å². The maximum Gasteiger partial charge on any atom is 0.0627 e. The predicted molar refractivity (Wildman–Crippen MR) is 59.7 cm³/mol. The zero-order chi connectivity index (χ0) is 10.4. The van der Waals surface area contributed by atoms with E-state index in [1.165, 1.54) is 30.4 Å². The van der Waals surface area contributed by atoms with Crippen LogP contribution in [-0.2, 0) is 0 Å². The topological polar surface area (TPSA) is 23.8 Å². The van der Waals surface area contributed by atoms with Crippen LogP contribution in [0.15, 0.2) is 23.3 Å². The van der Waals surface area contributed by atoms with E-state index in [1.807, 2.05) is 0 Å². The van der Waals surface area contributed by atoms with Crippen molar-refractivity contribution in [1.29, 1.82) is 5.26 Å². The third kappa shape index (κ3) is 3.79. The molecule has 1 unspecified atom stereocenters. The molecule has 1 aliphatic carbocycles. The molecule has 0 spiro atoms. The van der Waals surface area contributed by atoms with Gasteiger partial charge in [0.15, 0.2) is 0 Å². The molecule has 0 aliphatic heterocycles. The van der Waals surface area contributed by atoms with Gasteiger partial charge in [0.25, 0.3) is 0 Å². The summed E-state index contributed by atoms with van der Waals surface area (Å²) in [6.07, 6.45) is 10.1. The number of nitrogens with zero attached hydrogens (tertiary/aromatic N) is 1. The Morgan fingerprint density at radius 2 is 2.43 bits per heavy atom. The highest BCUT2D eigenvalue weighted by Gasteiger charge is 2.12. The summed E-state index contributed by atoms with van der Waals surface area (Å²) in [6.45, 7) is 4.27. The van der Waals surface area contributed by atoms with E-state index < -0.39 is 0 Å². The molecule has 0 heterocycles. The number of allylic oxidation sites excluding steroid dienone is 4. The Labute approximate surface area is 87.1 Å². The van der Waals surface area contributed by atoms with Crippen LogP contribution in [0.25, 0.3) is 0 Å². The van der Waals surface area contributed by atoms with Crippen LogP contribution in [0.5, 0.6) is 0 Å². The summed E-state index contributed by atoms with van der Waals surface area (Å²) in [5, 5.41) is 8.63. The SMILES string of the molecule is CC(C)=CCC1=CC(CC#N)CCC1. The number of hydrogen-bond acceptors (Lipinski definition) is 1. The molecule has 1 aliphatic rings. The van der Waals surface area contributed by atoms with Gasteiger partial charge in [-0.25, -0.2) is 0 Å². The van der Waals surface area contributed by atoms with Crippen molar-refractivity contribution in [3.05, 3.63) is 23.3 Å². The smallest absolute Gasteiger partial charge is 0.0627 e. The number of rotatable bonds is 3. The fourth-order valence-electron chi connectivity index (χ4n) is 1.87. The summed E-state index contributed by atoms with van der Waals surface area (Å²) < 4.78 is 0. The molecule has 0 fully saturated rings. The lowest BCUT2D eigenvalue weighted by Gasteiger charge is -2.18. The predicted octanol–water partition coefficient (Wildman–Crippen LogP) is 3.98. The van der Waals surface area contributed by atoms with Crippen molar-refractivity contribution in [2.45, 2.75) is 46.0 Å². The normalized spacial score (nSPS) is 20.9. The first-order chi connectivity index (χ1) is 6.72. The van der Waals surface area contributed by atoms with E-state index in [0.29, 0.717) is 12.3 Å². The monoisotopic (exact) mass is 189 g/mol. The lowest BCUT2D eigenvalue weighted by atomic mass is 9.87. The fraction of sp³-hybridized carbons (Fsp3) is 0.615. The molecule has 0 aromatic carbocycles. The van der Waals surface area contributed by atoms with Crippen LogP contribution in [0.4, 0.5) is 0 Å². The van der Waals surface area contributed by atoms with Gasteiger partial charge in [-0.05, 0) is 45.4 Å². The molecule has 0 amide bonds. The first kappa shape index (κ1) is 11.0. The highest BCUT2D eigenvalue weighted by Crippen LogP contribution is 2.27. The zero-order valence-electron chi connectivity index (χ0n) is 9.21. The molecular weight excluding hydrogens is 170 g/mol. The summed E-state index contributed by atoms with van der Waals surface area (Å²) in [4.78, 5) is 0. The van der Waals surface area contributed by atoms with Crippen LogP contribution in [0.1, 0.15) is 46.0 Å². The maximum atomic E-state index is 8.63. The van der Waals surface area contributed by atoms with Gasteiger partial charge in [0.05, 0.1) is 6.07 Å². The average Bonchev–Trinajstić information content (AvgIpc) is 2.16. The molecular formula is C13H19N. The second kappa shape index (κ2) is 5.65. The van der Waals surface area contributed by atoms with E-state index in [2.05, 4.69) is 32.1 Å². The Hall–Kier alpha value is -1.03. The molecule has 1 rings (SSSR count). The standard InChI is InChI=1S/C13H19N/c1-11(2)6-7-12-4-3-5-13(10-12)8-9-14/h6,10,13H,3-5,7-8H2,1-2H3. The minimum atomic E-state index is 0.523. The summed E-state index contributed by atoms with van der Waals surface area (Å²) >= 11 is 0. The molecule has 0 saturated heterocycles. The number of nitriles is 1. The Kier molecular flexibility index (Phi) is 4.46. The van der Waals surface area contributed by atoms with Gasteiger partial charge in [0, 0.05) is 6.42 Å². The van der Waals surface area contributed by atoms with Gasteiger partial charge in [0.2, 0.25) is 0 Å². The van der Waals surface area contributed by atoms with Crippen molar-refractivity contribution in [2.24, 2.45) is 5.92 Å². The van der Waals surface area contributed by atoms with Gasteiger partial charge >= 0.3 is 0 Å². The van der Waals surface area contributed by atoms with E-state index in [9.17, 15) is 0 Å². The lowest BCUT2D eigenvalue weighted by molar-refractivity contribution is 0.533. The summed E-state index contributed by atoms with van der Waals surface area (Å²) in [7, 11) is 0. The molecule has 0 radical (unpaired) electrons. The minimum absolute atomic E-state index is 0.523. The van der Waals surface area contributed by atoms with Crippen molar-refractivity contribution in [1.82, 2.24) is 0 Å². The zero-order valence-corrected chi connectivity index (χ0v) is 9.21. The molecule has 14 heavy (non-hydrogen) atoms. The Bertz CT molecular complexity index is 274. The second-order valence-corrected chi connectivity index (χ2v) is 4.33. The Morgan fingerprint density at radius 1 is 1.64 bits per heavy atom. The van der Waals surface area contributed by atoms with Crippen molar-refractivity contribution >= 4 is 0 Å². The van der Waals surface area contributed by atoms with Crippen LogP contribution >= 0.6 is 0 Å². The van der Waals surface area contributed by atoms with Gasteiger partial charge in [-0.1, -0.05) is 23.3 Å². The summed E-state index contributed by atoms with van der Waals surface area (Å²) in [5.74, 6) is 0.523. The second-order valence-electron chi connectivity index (χ2n) is 4.33. The van der Waals surface area contributed by atoms with E-state index in [0.717, 1.165) is 6.42 Å². The van der Waals surface area contributed by atoms with Gasteiger partial charge in [0.1, 0.15) is 0 Å². The Morgan fingerprint density at radius 3 is 3.07 bits per heavy atom. The van der Waals surface area contributed by atoms with Crippen molar-refractivity contribution in [3.63, 3.8) is 0 Å². The molecule has 0 N–H and O–H groups in total. The quantitative estimate of drug-likeness (QED) is 0.616. The van der Waals surface area contributed by atoms with Crippen molar-refractivity contribution in [3.8, 4) is 6.07 Å². The van der Waals surface area contributed by atoms with Gasteiger partial charge in [-0.3, -0.25) is 0 Å². The summed E-state index contributed by atoms with van der Waals surface area (Å²) in [6, 6.07) is 2.26. The first-order valence-corrected chi connectivity index (χ1v) is 5.42. The van der Waals surface area contributed by atoms with Crippen LogP contribution in [0.3, 0.4) is 0 Å². The molecule has 0 saturated carbocycles. The fourth-order valence-corrected chi connectivity index (χ4v) is 1.87. The lowest BCUT2D eigenvalue weighted by Crippen LogP contribution is -2.03. The van der Waals surface area contributed by atoms with Crippen molar-refractivity contribution < 1.29 is 0 Å². The highest BCUT2D eigenvalue weighted by molar-refractivity contribution is 5.14. The molecule has 0 aromatic rings. The Balaban J connectivity index is 2.52. The molecule has 1 heteroatoms. The van der Waals surface area contributed by atoms with Gasteiger partial charge in [-0.15, -0.1) is 0 Å². The number of hydrogen-bond donors (Lipinski definition) is 0. The largest absolute Gasteiger partial charge is 0.198 e. The van der Waals surface area contributed by atoms with Crippen LogP contribution in [0, 0.1) is 17.2 Å². The van der Waals surface area contributed by atoms with Crippen LogP contribution in [-0.4, -0.2) is 0 Å². The van der Waals surface area contributed by atoms with E-state index in [-0.39, 0.29) is 0 Å². The van der Waals surface area contributed by atoms with Crippen LogP contribution < -0.4 is 0 Å². The van der Waals surface area contributed by atoms with E-state index in [1.54, 1.807) is 0 Å². The van der Waals surface area contributed by atoms with Crippen molar-refractivity contribution in [2.75, 3.05) is 0 Å². The molecule has 76 valence electrons.